The Bertz CT molecular complexity index is 1420. The van der Waals surface area contributed by atoms with E-state index < -0.39 is 12.9 Å². The largest absolute Gasteiger partial charge is 0.492 e. The molecule has 3 amide bonds. The Hall–Kier alpha value is -4.29. The van der Waals surface area contributed by atoms with E-state index in [1.165, 1.54) is 16.8 Å². The fourth-order valence-corrected chi connectivity index (χ4v) is 4.21. The molecule has 3 aromatic rings. The van der Waals surface area contributed by atoms with Crippen LogP contribution in [0.4, 0.5) is 22.1 Å². The Morgan fingerprint density at radius 1 is 1.28 bits per heavy atom. The van der Waals surface area contributed by atoms with Crippen LogP contribution in [0.3, 0.4) is 0 Å². The van der Waals surface area contributed by atoms with Gasteiger partial charge in [-0.25, -0.2) is 9.78 Å². The Kier molecular flexibility index (Phi) is 5.21. The molecule has 0 bridgehead atoms. The van der Waals surface area contributed by atoms with Crippen molar-refractivity contribution in [3.8, 4) is 17.0 Å². The van der Waals surface area contributed by atoms with Gasteiger partial charge in [0.2, 0.25) is 5.91 Å². The van der Waals surface area contributed by atoms with Crippen LogP contribution in [-0.2, 0) is 18.3 Å². The number of carbonyl (C=O) groups is 2. The van der Waals surface area contributed by atoms with E-state index in [0.717, 1.165) is 12.8 Å². The number of hydrogen-bond donors (Lipinski definition) is 2. The first kappa shape index (κ1) is 20.0. The smallest absolute Gasteiger partial charge is 0.326 e. The van der Waals surface area contributed by atoms with Gasteiger partial charge in [-0.05, 0) is 25.8 Å². The average molecular weight is 496 g/mol. The van der Waals surface area contributed by atoms with Crippen LogP contribution >= 0.6 is 0 Å². The lowest BCUT2D eigenvalue weighted by Crippen LogP contribution is -2.33. The normalized spacial score (nSPS) is 17.0. The molecule has 2 fully saturated rings. The monoisotopic (exact) mass is 495 g/mol. The van der Waals surface area contributed by atoms with E-state index in [0.29, 0.717) is 53.1 Å². The zero-order valence-electron chi connectivity index (χ0n) is 23.1. The lowest BCUT2D eigenvalue weighted by atomic mass is 10.1. The quantitative estimate of drug-likeness (QED) is 0.474. The van der Waals surface area contributed by atoms with Crippen molar-refractivity contribution in [3.05, 3.63) is 29.7 Å². The van der Waals surface area contributed by atoms with Gasteiger partial charge in [0.15, 0.2) is 17.4 Å². The number of nitrogens with one attached hydrogen (secondary N) is 2. The second-order valence-electron chi connectivity index (χ2n) is 8.68. The van der Waals surface area contributed by atoms with Gasteiger partial charge in [0.1, 0.15) is 5.69 Å². The Morgan fingerprint density at radius 2 is 2.11 bits per heavy atom. The van der Waals surface area contributed by atoms with Gasteiger partial charge in [0.25, 0.3) is 0 Å². The van der Waals surface area contributed by atoms with E-state index >= 15 is 0 Å². The molecule has 0 unspecified atom stereocenters. The van der Waals surface area contributed by atoms with E-state index in [9.17, 15) is 9.59 Å². The van der Waals surface area contributed by atoms with Crippen molar-refractivity contribution in [2.24, 2.45) is 7.05 Å². The van der Waals surface area contributed by atoms with Gasteiger partial charge in [0.05, 0.1) is 36.7 Å². The third kappa shape index (κ3) is 4.51. The minimum Gasteiger partial charge on any atom is -0.492 e. The van der Waals surface area contributed by atoms with Crippen LogP contribution in [0.2, 0.25) is 0 Å². The van der Waals surface area contributed by atoms with Gasteiger partial charge in [-0.1, -0.05) is 0 Å². The number of nitrogens with zero attached hydrogens (tertiary/aromatic N) is 8. The topological polar surface area (TPSA) is 143 Å². The van der Waals surface area contributed by atoms with E-state index in [2.05, 4.69) is 30.7 Å². The molecule has 0 aromatic carbocycles. The number of likely N-dealkylation sites (N-methyl/N-ethyl adjacent to an activating group) is 1. The second kappa shape index (κ2) is 9.40. The van der Waals surface area contributed by atoms with Crippen LogP contribution in [0.25, 0.3) is 11.3 Å². The van der Waals surface area contributed by atoms with Crippen molar-refractivity contribution in [1.29, 1.82) is 0 Å². The molecule has 188 valence electrons. The lowest BCUT2D eigenvalue weighted by molar-refractivity contribution is -0.120. The molecule has 5 rings (SSSR count). The highest BCUT2D eigenvalue weighted by molar-refractivity contribution is 5.94. The second-order valence-corrected chi connectivity index (χ2v) is 8.68. The van der Waals surface area contributed by atoms with Gasteiger partial charge in [0, 0.05) is 49.0 Å². The molecular formula is C23H28N10O3. The highest BCUT2D eigenvalue weighted by atomic mass is 16.5. The molecule has 2 aliphatic rings. The molecule has 3 aromatic heterocycles. The number of rotatable bonds is 8. The van der Waals surface area contributed by atoms with Crippen LogP contribution in [0, 0.1) is 6.92 Å². The minimum absolute atomic E-state index is 0.151. The van der Waals surface area contributed by atoms with Crippen LogP contribution in [0.1, 0.15) is 28.3 Å². The number of anilines is 3. The molecule has 0 atom stereocenters. The maximum Gasteiger partial charge on any atom is 0.326 e. The van der Waals surface area contributed by atoms with Gasteiger partial charge in [-0.15, -0.1) is 5.10 Å². The minimum atomic E-state index is -2.65. The summed E-state index contributed by atoms with van der Waals surface area (Å²) in [5.41, 5.74) is 2.34. The van der Waals surface area contributed by atoms with E-state index in [1.807, 2.05) is 16.3 Å². The maximum atomic E-state index is 13.0. The molecule has 36 heavy (non-hydrogen) atoms. The molecule has 1 aliphatic heterocycles. The van der Waals surface area contributed by atoms with Crippen LogP contribution < -0.4 is 20.3 Å². The summed E-state index contributed by atoms with van der Waals surface area (Å²) in [6.45, 7) is 0.191. The number of pyridine rings is 1. The van der Waals surface area contributed by atoms with Crippen molar-refractivity contribution >= 4 is 29.3 Å². The van der Waals surface area contributed by atoms with Crippen LogP contribution in [0.15, 0.2) is 18.3 Å². The summed E-state index contributed by atoms with van der Waals surface area (Å²) in [5, 5.41) is 22.0. The molecule has 0 spiro atoms. The molecular weight excluding hydrogens is 464 g/mol. The highest BCUT2D eigenvalue weighted by Crippen LogP contribution is 2.37. The summed E-state index contributed by atoms with van der Waals surface area (Å²) in [6.07, 6.45) is 3.20. The Morgan fingerprint density at radius 3 is 2.81 bits per heavy atom. The maximum absolute atomic E-state index is 13.0. The zero-order chi connectivity index (χ0) is 27.9. The third-order valence-electron chi connectivity index (χ3n) is 6.06. The van der Waals surface area contributed by atoms with Crippen molar-refractivity contribution in [2.75, 3.05) is 37.4 Å². The standard InChI is InChI=1S/C23H28N10O3/c1-13-9-15(18-12-25-31(3)30-18)21(36-4)22(26-13)27-16-10-19(29-28-17(16)11-20(34)24-2)33-8-7-32(23(33)35)14-5-6-14/h9-10,12,14H,5-8,11H2,1-4H3,(H,24,34)(H,26,27,29)/i2D3. The number of aryl methyl sites for hydroxylation is 2. The number of methoxy groups -OCH3 is 1. The summed E-state index contributed by atoms with van der Waals surface area (Å²) < 4.78 is 27.7. The van der Waals surface area contributed by atoms with E-state index in [1.54, 1.807) is 26.2 Å². The lowest BCUT2D eigenvalue weighted by Gasteiger charge is -2.19. The number of urea groups is 1. The van der Waals surface area contributed by atoms with Crippen molar-refractivity contribution in [3.63, 3.8) is 0 Å². The summed E-state index contributed by atoms with van der Waals surface area (Å²) in [6, 6.07) is 3.52. The first-order chi connectivity index (χ1) is 18.5. The number of amides is 3. The van der Waals surface area contributed by atoms with Gasteiger partial charge >= 0.3 is 6.03 Å². The van der Waals surface area contributed by atoms with E-state index in [-0.39, 0.29) is 24.2 Å². The van der Waals surface area contributed by atoms with Crippen molar-refractivity contribution < 1.29 is 18.4 Å². The van der Waals surface area contributed by atoms with Crippen molar-refractivity contribution in [2.45, 2.75) is 32.2 Å². The summed E-state index contributed by atoms with van der Waals surface area (Å²) in [5.74, 6) is 0.213. The number of aromatic nitrogens is 6. The zero-order valence-corrected chi connectivity index (χ0v) is 20.1. The molecule has 0 radical (unpaired) electrons. The summed E-state index contributed by atoms with van der Waals surface area (Å²) in [7, 11) is 3.20. The first-order valence-electron chi connectivity index (χ1n) is 13.0. The van der Waals surface area contributed by atoms with Gasteiger partial charge < -0.3 is 20.3 Å². The van der Waals surface area contributed by atoms with Crippen LogP contribution in [-0.4, -0.2) is 80.2 Å². The van der Waals surface area contributed by atoms with Crippen LogP contribution in [0.5, 0.6) is 5.75 Å². The predicted molar refractivity (Wildman–Crippen MR) is 131 cm³/mol. The summed E-state index contributed by atoms with van der Waals surface area (Å²) >= 11 is 0. The number of hydrogen-bond acceptors (Lipinski definition) is 9. The Balaban J connectivity index is 1.53. The Labute approximate surface area is 212 Å². The predicted octanol–water partition coefficient (Wildman–Crippen LogP) is 1.42. The number of ether oxygens (including phenoxy) is 1. The SMILES string of the molecule is [2H]C([2H])([2H])NC(=O)Cc1nnc(N2CCN(C3CC3)C2=O)cc1Nc1nc(C)cc(-c2cnn(C)n2)c1OC. The van der Waals surface area contributed by atoms with E-state index in [4.69, 9.17) is 8.85 Å². The molecule has 2 N–H and O–H groups in total. The first-order valence-corrected chi connectivity index (χ1v) is 11.5. The molecule has 1 saturated heterocycles. The highest BCUT2D eigenvalue weighted by Gasteiger charge is 2.40. The number of carbonyl (C=O) groups excluding carboxylic acids is 2. The average Bonchev–Trinajstić information content (AvgIpc) is 3.48. The van der Waals surface area contributed by atoms with Gasteiger partial charge in [-0.2, -0.15) is 20.1 Å². The fourth-order valence-electron chi connectivity index (χ4n) is 4.21. The molecule has 4 heterocycles. The molecule has 1 aliphatic carbocycles. The third-order valence-corrected chi connectivity index (χ3v) is 6.06. The fraction of sp³-hybridized carbons (Fsp3) is 0.435. The molecule has 1 saturated carbocycles. The van der Waals surface area contributed by atoms with Gasteiger partial charge in [-0.3, -0.25) is 9.69 Å². The molecule has 13 nitrogen and oxygen atoms in total. The summed E-state index contributed by atoms with van der Waals surface area (Å²) in [4.78, 5) is 34.9. The van der Waals surface area contributed by atoms with Crippen molar-refractivity contribution in [1.82, 2.24) is 40.4 Å². The molecule has 13 heteroatoms.